The third kappa shape index (κ3) is 3.32. The van der Waals surface area contributed by atoms with Crippen molar-refractivity contribution >= 4 is 0 Å². The molecule has 0 bridgehead atoms. The molecule has 0 saturated carbocycles. The van der Waals surface area contributed by atoms with Gasteiger partial charge in [0, 0.05) is 0 Å². The Morgan fingerprint density at radius 1 is 0.944 bits per heavy atom. The maximum atomic E-state index is 9.36. The zero-order chi connectivity index (χ0) is 12.8. The van der Waals surface area contributed by atoms with Crippen molar-refractivity contribution in [2.75, 3.05) is 13.2 Å². The quantitative estimate of drug-likeness (QED) is 0.833. The van der Waals surface area contributed by atoms with Gasteiger partial charge in [-0.15, -0.1) is 0 Å². The summed E-state index contributed by atoms with van der Waals surface area (Å²) in [6.45, 7) is 0.746. The summed E-state index contributed by atoms with van der Waals surface area (Å²) in [5.41, 5.74) is 5.96. The lowest BCUT2D eigenvalue weighted by Gasteiger charge is -2.09. The fourth-order valence-electron chi connectivity index (χ4n) is 1.65. The first-order valence-corrected chi connectivity index (χ1v) is 6.05. The van der Waals surface area contributed by atoms with Crippen molar-refractivity contribution in [1.29, 1.82) is 0 Å². The number of aliphatic hydroxyl groups is 1. The van der Waals surface area contributed by atoms with Gasteiger partial charge in [-0.2, -0.15) is 0 Å². The average molecular weight is 244 g/mol. The van der Waals surface area contributed by atoms with E-state index in [-0.39, 0.29) is 6.61 Å². The SMILES string of the molecule is [NH3+]C[C@@H](O)COc1ccc(-c2ccccc2)cc1. The number of ether oxygens (including phenoxy) is 1. The molecule has 0 heterocycles. The Bertz CT molecular complexity index is 468. The minimum absolute atomic E-state index is 0.286. The van der Waals surface area contributed by atoms with E-state index in [1.54, 1.807) is 0 Å². The first-order chi connectivity index (χ1) is 8.79. The van der Waals surface area contributed by atoms with E-state index in [1.165, 1.54) is 5.56 Å². The van der Waals surface area contributed by atoms with Crippen molar-refractivity contribution in [3.8, 4) is 16.9 Å². The highest BCUT2D eigenvalue weighted by molar-refractivity contribution is 5.63. The third-order valence-electron chi connectivity index (χ3n) is 2.74. The zero-order valence-electron chi connectivity index (χ0n) is 10.3. The summed E-state index contributed by atoms with van der Waals surface area (Å²) in [4.78, 5) is 0. The van der Waals surface area contributed by atoms with Crippen LogP contribution in [0.25, 0.3) is 11.1 Å². The molecule has 0 saturated heterocycles. The molecule has 2 rings (SSSR count). The molecule has 2 aromatic rings. The van der Waals surface area contributed by atoms with Crippen molar-refractivity contribution in [3.05, 3.63) is 54.6 Å². The Kier molecular flexibility index (Phi) is 4.34. The molecular formula is C15H18NO2+. The molecule has 0 spiro atoms. The Morgan fingerprint density at radius 2 is 1.56 bits per heavy atom. The summed E-state index contributed by atoms with van der Waals surface area (Å²) in [6.07, 6.45) is -0.501. The van der Waals surface area contributed by atoms with Crippen molar-refractivity contribution in [1.82, 2.24) is 0 Å². The van der Waals surface area contributed by atoms with E-state index in [1.807, 2.05) is 42.5 Å². The summed E-state index contributed by atoms with van der Waals surface area (Å²) in [5.74, 6) is 0.766. The van der Waals surface area contributed by atoms with Gasteiger partial charge in [-0.25, -0.2) is 0 Å². The Balaban J connectivity index is 2.02. The van der Waals surface area contributed by atoms with Gasteiger partial charge in [-0.3, -0.25) is 0 Å². The van der Waals surface area contributed by atoms with Crippen molar-refractivity contribution in [3.63, 3.8) is 0 Å². The lowest BCUT2D eigenvalue weighted by molar-refractivity contribution is -0.384. The average Bonchev–Trinajstić information content (AvgIpc) is 2.46. The van der Waals surface area contributed by atoms with E-state index in [0.29, 0.717) is 6.54 Å². The summed E-state index contributed by atoms with van der Waals surface area (Å²) >= 11 is 0. The van der Waals surface area contributed by atoms with Crippen LogP contribution in [0.5, 0.6) is 5.75 Å². The number of quaternary nitrogens is 1. The second-order valence-corrected chi connectivity index (χ2v) is 4.14. The first-order valence-electron chi connectivity index (χ1n) is 6.05. The van der Waals surface area contributed by atoms with E-state index in [9.17, 15) is 5.11 Å². The largest absolute Gasteiger partial charge is 0.491 e. The van der Waals surface area contributed by atoms with Crippen molar-refractivity contribution in [2.45, 2.75) is 6.10 Å². The lowest BCUT2D eigenvalue weighted by Crippen LogP contribution is -2.56. The first kappa shape index (κ1) is 12.6. The standard InChI is InChI=1S/C15H17NO2/c16-10-14(17)11-18-15-8-6-13(7-9-15)12-4-2-1-3-5-12/h1-9,14,17H,10-11,16H2/p+1/t14-/m1/s1. The summed E-state index contributed by atoms with van der Waals surface area (Å²) < 4.78 is 5.46. The van der Waals surface area contributed by atoms with Crippen LogP contribution in [0.2, 0.25) is 0 Å². The van der Waals surface area contributed by atoms with Crippen LogP contribution in [0.4, 0.5) is 0 Å². The molecule has 0 aliphatic rings. The van der Waals surface area contributed by atoms with E-state index >= 15 is 0 Å². The molecule has 1 atom stereocenters. The Morgan fingerprint density at radius 3 is 2.17 bits per heavy atom. The van der Waals surface area contributed by atoms with Gasteiger partial charge >= 0.3 is 0 Å². The highest BCUT2D eigenvalue weighted by Crippen LogP contribution is 2.21. The minimum atomic E-state index is -0.501. The van der Waals surface area contributed by atoms with Gasteiger partial charge in [-0.1, -0.05) is 42.5 Å². The number of hydrogen-bond acceptors (Lipinski definition) is 2. The fraction of sp³-hybridized carbons (Fsp3) is 0.200. The topological polar surface area (TPSA) is 57.1 Å². The molecule has 0 aromatic heterocycles. The van der Waals surface area contributed by atoms with Crippen LogP contribution in [-0.2, 0) is 0 Å². The van der Waals surface area contributed by atoms with Crippen LogP contribution < -0.4 is 10.5 Å². The molecule has 0 aliphatic heterocycles. The number of rotatable bonds is 5. The third-order valence-corrected chi connectivity index (χ3v) is 2.74. The van der Waals surface area contributed by atoms with Gasteiger partial charge in [0.15, 0.2) is 0 Å². The van der Waals surface area contributed by atoms with Crippen LogP contribution in [0, 0.1) is 0 Å². The number of hydrogen-bond donors (Lipinski definition) is 2. The van der Waals surface area contributed by atoms with Gasteiger partial charge in [0.05, 0.1) is 0 Å². The van der Waals surface area contributed by atoms with Crippen molar-refractivity contribution in [2.24, 2.45) is 0 Å². The molecule has 0 aliphatic carbocycles. The molecule has 0 radical (unpaired) electrons. The maximum absolute atomic E-state index is 9.36. The van der Waals surface area contributed by atoms with E-state index < -0.39 is 6.10 Å². The van der Waals surface area contributed by atoms with Gasteiger partial charge < -0.3 is 15.6 Å². The predicted octanol–water partition coefficient (Wildman–Crippen LogP) is 1.34. The molecule has 4 N–H and O–H groups in total. The zero-order valence-corrected chi connectivity index (χ0v) is 10.3. The van der Waals surface area contributed by atoms with E-state index in [2.05, 4.69) is 17.9 Å². The molecule has 3 nitrogen and oxygen atoms in total. The van der Waals surface area contributed by atoms with Gasteiger partial charge in [-0.05, 0) is 23.3 Å². The predicted molar refractivity (Wildman–Crippen MR) is 71.1 cm³/mol. The summed E-state index contributed by atoms with van der Waals surface area (Å²) in [7, 11) is 0. The van der Waals surface area contributed by atoms with Crippen LogP contribution >= 0.6 is 0 Å². The molecule has 3 heteroatoms. The fourth-order valence-corrected chi connectivity index (χ4v) is 1.65. The second-order valence-electron chi connectivity index (χ2n) is 4.14. The van der Waals surface area contributed by atoms with Crippen molar-refractivity contribution < 1.29 is 15.6 Å². The van der Waals surface area contributed by atoms with Crippen LogP contribution in [0.1, 0.15) is 0 Å². The smallest absolute Gasteiger partial charge is 0.136 e. The highest BCUT2D eigenvalue weighted by Gasteiger charge is 2.04. The molecule has 0 fully saturated rings. The van der Waals surface area contributed by atoms with Crippen LogP contribution in [0.3, 0.4) is 0 Å². The molecule has 18 heavy (non-hydrogen) atoms. The van der Waals surface area contributed by atoms with Crippen LogP contribution in [-0.4, -0.2) is 24.4 Å². The molecule has 0 amide bonds. The van der Waals surface area contributed by atoms with Gasteiger partial charge in [0.25, 0.3) is 0 Å². The lowest BCUT2D eigenvalue weighted by atomic mass is 10.1. The number of benzene rings is 2. The minimum Gasteiger partial charge on any atom is -0.491 e. The summed E-state index contributed by atoms with van der Waals surface area (Å²) in [5, 5.41) is 9.36. The maximum Gasteiger partial charge on any atom is 0.136 e. The van der Waals surface area contributed by atoms with Gasteiger partial charge in [0.2, 0.25) is 0 Å². The number of aliphatic hydroxyl groups excluding tert-OH is 1. The highest BCUT2D eigenvalue weighted by atomic mass is 16.5. The molecule has 2 aromatic carbocycles. The Labute approximate surface area is 107 Å². The second kappa shape index (κ2) is 6.19. The normalized spacial score (nSPS) is 12.1. The van der Waals surface area contributed by atoms with E-state index in [0.717, 1.165) is 11.3 Å². The monoisotopic (exact) mass is 244 g/mol. The van der Waals surface area contributed by atoms with Crippen LogP contribution in [0.15, 0.2) is 54.6 Å². The van der Waals surface area contributed by atoms with Gasteiger partial charge in [0.1, 0.15) is 25.0 Å². The Hall–Kier alpha value is -1.84. The summed E-state index contributed by atoms with van der Waals surface area (Å²) in [6, 6.07) is 18.0. The molecule has 94 valence electrons. The molecular weight excluding hydrogens is 226 g/mol. The molecule has 0 unspecified atom stereocenters. The van der Waals surface area contributed by atoms with E-state index in [4.69, 9.17) is 4.74 Å².